The molecule has 4 heterocycles. The summed E-state index contributed by atoms with van der Waals surface area (Å²) < 4.78 is 14.6. The first-order valence-electron chi connectivity index (χ1n) is 14.9. The first-order valence-corrected chi connectivity index (χ1v) is 14.9. The molecule has 4 aromatic heterocycles. The third-order valence-electron chi connectivity index (χ3n) is 7.62. The number of benzene rings is 1. The van der Waals surface area contributed by atoms with Crippen LogP contribution in [0.2, 0.25) is 0 Å². The van der Waals surface area contributed by atoms with E-state index in [2.05, 4.69) is 80.0 Å². The number of hydrogen-bond acceptors (Lipinski definition) is 6. The minimum Gasteiger partial charge on any atom is -0.384 e. The molecule has 1 aromatic carbocycles. The summed E-state index contributed by atoms with van der Waals surface area (Å²) in [6, 6.07) is 9.25. The van der Waals surface area contributed by atoms with Gasteiger partial charge in [-0.15, -0.1) is 0 Å². The van der Waals surface area contributed by atoms with Crippen molar-refractivity contribution in [3.05, 3.63) is 88.7 Å². The van der Waals surface area contributed by atoms with Crippen LogP contribution in [0.25, 0.3) is 51.6 Å². The molecule has 5 rings (SSSR count). The Kier molecular flexibility index (Phi) is 9.67. The van der Waals surface area contributed by atoms with Gasteiger partial charge in [0, 0.05) is 53.5 Å². The Bertz CT molecular complexity index is 1880. The van der Waals surface area contributed by atoms with Crippen molar-refractivity contribution in [3.63, 3.8) is 0 Å². The van der Waals surface area contributed by atoms with Gasteiger partial charge in [0.1, 0.15) is 11.5 Å². The molecular formula is C35H41FN8. The van der Waals surface area contributed by atoms with Crippen molar-refractivity contribution in [1.29, 1.82) is 0 Å². The lowest BCUT2D eigenvalue weighted by atomic mass is 10.0. The maximum atomic E-state index is 14.6. The van der Waals surface area contributed by atoms with Gasteiger partial charge in [-0.25, -0.2) is 4.39 Å². The molecule has 0 bridgehead atoms. The van der Waals surface area contributed by atoms with E-state index in [1.54, 1.807) is 18.5 Å². The molecule has 0 spiro atoms. The molecule has 0 unspecified atom stereocenters. The van der Waals surface area contributed by atoms with Crippen molar-refractivity contribution < 1.29 is 4.39 Å². The number of hydrogen-bond donors (Lipinski definition) is 3. The Morgan fingerprint density at radius 2 is 1.77 bits per heavy atom. The molecular weight excluding hydrogens is 551 g/mol. The van der Waals surface area contributed by atoms with Gasteiger partial charge in [-0.1, -0.05) is 12.7 Å². The molecule has 0 radical (unpaired) electrons. The molecule has 0 atom stereocenters. The molecule has 5 aromatic rings. The number of nitrogens with one attached hydrogen (secondary N) is 3. The molecule has 0 saturated carbocycles. The highest BCUT2D eigenvalue weighted by atomic mass is 19.1. The number of pyridine rings is 2. The van der Waals surface area contributed by atoms with Gasteiger partial charge in [0.2, 0.25) is 0 Å². The number of nitrogens with zero attached hydrogens (tertiary/aromatic N) is 5. The Labute approximate surface area is 258 Å². The number of anilines is 1. The molecule has 228 valence electrons. The molecule has 8 nitrogen and oxygen atoms in total. The first kappa shape index (κ1) is 30.8. The van der Waals surface area contributed by atoms with Crippen LogP contribution in [-0.4, -0.2) is 82.8 Å². The molecule has 9 heteroatoms. The lowest BCUT2D eigenvalue weighted by Gasteiger charge is -2.13. The summed E-state index contributed by atoms with van der Waals surface area (Å²) in [4.78, 5) is 16.6. The number of aryl methyl sites for hydroxylation is 1. The first-order chi connectivity index (χ1) is 21.2. The standard InChI is InChI=1S/C35H41FN8/c1-23(27-14-25(19-37-20-27)8-7-12-43(3)4)9-10-32-24(2)35(42-41-32)33-18-30-31(21-38-22-34(30)40-33)26-15-28(36)17-29(16-26)39-11-13-44(5)6/h9-10,14-22,39-41H,2,7-8,11-13H2,1,3-6H3/b23-9+,32-10+. The summed E-state index contributed by atoms with van der Waals surface area (Å²) in [5.74, 6) is -0.301. The second kappa shape index (κ2) is 13.8. The summed E-state index contributed by atoms with van der Waals surface area (Å²) in [5.41, 5.74) is 8.13. The summed E-state index contributed by atoms with van der Waals surface area (Å²) in [7, 11) is 8.21. The number of H-pyrrole nitrogens is 2. The van der Waals surface area contributed by atoms with E-state index in [1.165, 1.54) is 11.6 Å². The summed E-state index contributed by atoms with van der Waals surface area (Å²) in [6.07, 6.45) is 13.5. The highest BCUT2D eigenvalue weighted by Gasteiger charge is 2.13. The maximum absolute atomic E-state index is 14.6. The lowest BCUT2D eigenvalue weighted by Crippen LogP contribution is -2.21. The molecule has 44 heavy (non-hydrogen) atoms. The van der Waals surface area contributed by atoms with Gasteiger partial charge >= 0.3 is 0 Å². The van der Waals surface area contributed by atoms with E-state index in [0.717, 1.165) is 86.7 Å². The molecule has 0 aliphatic heterocycles. The van der Waals surface area contributed by atoms with Crippen LogP contribution in [0.5, 0.6) is 0 Å². The van der Waals surface area contributed by atoms with E-state index < -0.39 is 0 Å². The Balaban J connectivity index is 1.40. The second-order valence-electron chi connectivity index (χ2n) is 11.8. The predicted molar refractivity (Wildman–Crippen MR) is 180 cm³/mol. The van der Waals surface area contributed by atoms with Gasteiger partial charge in [-0.2, -0.15) is 5.10 Å². The zero-order valence-electron chi connectivity index (χ0n) is 26.2. The quantitative estimate of drug-likeness (QED) is 0.191. The number of aromatic amines is 2. The summed E-state index contributed by atoms with van der Waals surface area (Å²) in [6.45, 7) is 9.01. The van der Waals surface area contributed by atoms with Gasteiger partial charge in [0.25, 0.3) is 0 Å². The average Bonchev–Trinajstić information content (AvgIpc) is 3.58. The van der Waals surface area contributed by atoms with Crippen LogP contribution in [-0.2, 0) is 6.42 Å². The van der Waals surface area contributed by atoms with E-state index in [4.69, 9.17) is 0 Å². The number of likely N-dealkylation sites (N-methyl/N-ethyl adjacent to an activating group) is 1. The number of halogens is 1. The van der Waals surface area contributed by atoms with Gasteiger partial charge in [-0.05, 0) is 113 Å². The van der Waals surface area contributed by atoms with Crippen LogP contribution in [0.15, 0.2) is 61.2 Å². The van der Waals surface area contributed by atoms with Gasteiger partial charge in [0.15, 0.2) is 0 Å². The van der Waals surface area contributed by atoms with Gasteiger partial charge in [0.05, 0.1) is 22.8 Å². The van der Waals surface area contributed by atoms with Gasteiger partial charge < -0.3 is 20.1 Å². The van der Waals surface area contributed by atoms with E-state index in [0.29, 0.717) is 6.54 Å². The average molecular weight is 593 g/mol. The number of aromatic nitrogens is 5. The third kappa shape index (κ3) is 7.48. The smallest absolute Gasteiger partial charge is 0.125 e. The van der Waals surface area contributed by atoms with Crippen molar-refractivity contribution in [1.82, 2.24) is 34.9 Å². The second-order valence-corrected chi connectivity index (χ2v) is 11.8. The van der Waals surface area contributed by atoms with Gasteiger partial charge in [-0.3, -0.25) is 15.1 Å². The zero-order valence-corrected chi connectivity index (χ0v) is 26.2. The van der Waals surface area contributed by atoms with Crippen molar-refractivity contribution >= 4 is 34.8 Å². The minimum absolute atomic E-state index is 0.301. The van der Waals surface area contributed by atoms with Crippen molar-refractivity contribution in [3.8, 4) is 22.5 Å². The minimum atomic E-state index is -0.301. The number of allylic oxidation sites excluding steroid dienone is 2. The Morgan fingerprint density at radius 1 is 0.977 bits per heavy atom. The summed E-state index contributed by atoms with van der Waals surface area (Å²) >= 11 is 0. The van der Waals surface area contributed by atoms with E-state index >= 15 is 0 Å². The summed E-state index contributed by atoms with van der Waals surface area (Å²) in [5, 5.41) is 13.6. The van der Waals surface area contributed by atoms with Crippen molar-refractivity contribution in [2.45, 2.75) is 19.8 Å². The van der Waals surface area contributed by atoms with Crippen LogP contribution in [0.1, 0.15) is 24.5 Å². The topological polar surface area (TPSA) is 88.8 Å². The third-order valence-corrected chi connectivity index (χ3v) is 7.62. The van der Waals surface area contributed by atoms with E-state index in [9.17, 15) is 4.39 Å². The SMILES string of the molecule is C=c1c(-c2cc3c(-c4cc(F)cc(NCCN(C)C)c4)cncc3[nH]2)n[nH]/c1=C/C=C(\C)c1cncc(CCCN(C)C)c1. The van der Waals surface area contributed by atoms with Crippen LogP contribution in [0.4, 0.5) is 10.1 Å². The monoisotopic (exact) mass is 592 g/mol. The Morgan fingerprint density at radius 3 is 2.57 bits per heavy atom. The normalized spacial score (nSPS) is 12.6. The number of fused-ring (bicyclic) bond motifs is 1. The van der Waals surface area contributed by atoms with Crippen LogP contribution < -0.4 is 15.9 Å². The van der Waals surface area contributed by atoms with Crippen molar-refractivity contribution in [2.24, 2.45) is 0 Å². The molecule has 0 aliphatic rings. The highest BCUT2D eigenvalue weighted by molar-refractivity contribution is 5.97. The van der Waals surface area contributed by atoms with Crippen LogP contribution >= 0.6 is 0 Å². The largest absolute Gasteiger partial charge is 0.384 e. The fourth-order valence-corrected chi connectivity index (χ4v) is 5.16. The fourth-order valence-electron chi connectivity index (χ4n) is 5.16. The Hall–Kier alpha value is -4.60. The molecule has 0 aliphatic carbocycles. The predicted octanol–water partition coefficient (Wildman–Crippen LogP) is 4.92. The molecule has 3 N–H and O–H groups in total. The van der Waals surface area contributed by atoms with Crippen LogP contribution in [0, 0.1) is 5.82 Å². The highest BCUT2D eigenvalue weighted by Crippen LogP contribution is 2.32. The molecule has 0 amide bonds. The lowest BCUT2D eigenvalue weighted by molar-refractivity contribution is 0.400. The van der Waals surface area contributed by atoms with Crippen molar-refractivity contribution in [2.75, 3.05) is 53.1 Å². The van der Waals surface area contributed by atoms with Crippen LogP contribution in [0.3, 0.4) is 0 Å². The molecule has 0 fully saturated rings. The molecule has 0 saturated heterocycles. The zero-order chi connectivity index (χ0) is 31.2. The maximum Gasteiger partial charge on any atom is 0.125 e. The van der Waals surface area contributed by atoms with E-state index in [1.807, 2.05) is 44.7 Å². The fraction of sp³-hybridized carbons (Fsp3) is 0.286. The number of rotatable bonds is 12. The van der Waals surface area contributed by atoms with E-state index in [-0.39, 0.29) is 5.82 Å².